The quantitative estimate of drug-likeness (QED) is 0.713. The van der Waals surface area contributed by atoms with E-state index in [2.05, 4.69) is 15.5 Å². The van der Waals surface area contributed by atoms with Gasteiger partial charge in [-0.3, -0.25) is 14.5 Å². The highest BCUT2D eigenvalue weighted by Gasteiger charge is 2.29. The Labute approximate surface area is 158 Å². The number of likely N-dealkylation sites (tertiary alicyclic amines) is 1. The first-order valence-electron chi connectivity index (χ1n) is 11.0. The molecular formula is C21H37N3O2. The number of nitrogens with zero attached hydrogens (tertiary/aromatic N) is 1. The van der Waals surface area contributed by atoms with Gasteiger partial charge in [-0.05, 0) is 38.0 Å². The van der Waals surface area contributed by atoms with Gasteiger partial charge in [-0.2, -0.15) is 0 Å². The van der Waals surface area contributed by atoms with Crippen LogP contribution >= 0.6 is 0 Å². The molecule has 0 aromatic rings. The Morgan fingerprint density at radius 1 is 0.808 bits per heavy atom. The summed E-state index contributed by atoms with van der Waals surface area (Å²) in [6.45, 7) is 2.21. The van der Waals surface area contributed by atoms with E-state index in [1.54, 1.807) is 0 Å². The van der Waals surface area contributed by atoms with Gasteiger partial charge in [0.25, 0.3) is 0 Å². The van der Waals surface area contributed by atoms with Gasteiger partial charge in [-0.25, -0.2) is 0 Å². The molecule has 26 heavy (non-hydrogen) atoms. The highest BCUT2D eigenvalue weighted by Crippen LogP contribution is 2.26. The largest absolute Gasteiger partial charge is 0.350 e. The molecule has 0 aromatic heterocycles. The number of hydrogen-bond acceptors (Lipinski definition) is 3. The second kappa shape index (κ2) is 10.3. The molecule has 0 bridgehead atoms. The highest BCUT2D eigenvalue weighted by atomic mass is 16.2. The molecule has 0 aromatic carbocycles. The summed E-state index contributed by atoms with van der Waals surface area (Å²) in [5.41, 5.74) is 0. The van der Waals surface area contributed by atoms with Gasteiger partial charge in [-0.1, -0.05) is 44.9 Å². The van der Waals surface area contributed by atoms with Crippen molar-refractivity contribution < 1.29 is 9.59 Å². The molecule has 2 amide bonds. The number of carbonyl (C=O) groups excluding carboxylic acids is 2. The summed E-state index contributed by atoms with van der Waals surface area (Å²) in [4.78, 5) is 26.8. The Morgan fingerprint density at radius 3 is 2.19 bits per heavy atom. The van der Waals surface area contributed by atoms with Crippen LogP contribution in [0.3, 0.4) is 0 Å². The molecule has 1 saturated heterocycles. The Kier molecular flexibility index (Phi) is 7.78. The maximum Gasteiger partial charge on any atom is 0.239 e. The van der Waals surface area contributed by atoms with Crippen LogP contribution in [0.15, 0.2) is 0 Å². The summed E-state index contributed by atoms with van der Waals surface area (Å²) < 4.78 is 0. The van der Waals surface area contributed by atoms with Crippen molar-refractivity contribution in [1.82, 2.24) is 15.5 Å². The van der Waals surface area contributed by atoms with Crippen LogP contribution in [0, 0.1) is 5.92 Å². The van der Waals surface area contributed by atoms with Crippen LogP contribution in [0.4, 0.5) is 0 Å². The van der Waals surface area contributed by atoms with E-state index in [0.717, 1.165) is 25.6 Å². The van der Waals surface area contributed by atoms with Crippen molar-refractivity contribution in [1.29, 1.82) is 0 Å². The van der Waals surface area contributed by atoms with Gasteiger partial charge in [0.2, 0.25) is 11.8 Å². The molecule has 0 radical (unpaired) electrons. The zero-order valence-corrected chi connectivity index (χ0v) is 16.3. The molecule has 5 nitrogen and oxygen atoms in total. The zero-order valence-electron chi connectivity index (χ0n) is 16.3. The van der Waals surface area contributed by atoms with Gasteiger partial charge in [-0.15, -0.1) is 0 Å². The van der Waals surface area contributed by atoms with Gasteiger partial charge in [0.15, 0.2) is 0 Å². The predicted molar refractivity (Wildman–Crippen MR) is 104 cm³/mol. The van der Waals surface area contributed by atoms with E-state index in [9.17, 15) is 9.59 Å². The van der Waals surface area contributed by atoms with Crippen LogP contribution < -0.4 is 10.6 Å². The number of carbonyl (C=O) groups is 2. The van der Waals surface area contributed by atoms with Crippen LogP contribution in [-0.4, -0.2) is 48.4 Å². The summed E-state index contributed by atoms with van der Waals surface area (Å²) in [5, 5.41) is 5.95. The van der Waals surface area contributed by atoms with E-state index in [-0.39, 0.29) is 24.4 Å². The minimum atomic E-state index is -0.0327. The molecule has 1 atom stereocenters. The van der Waals surface area contributed by atoms with E-state index in [1.165, 1.54) is 70.6 Å². The van der Waals surface area contributed by atoms with Crippen LogP contribution in [0.1, 0.15) is 83.5 Å². The van der Waals surface area contributed by atoms with Crippen molar-refractivity contribution in [3.05, 3.63) is 0 Å². The SMILES string of the molecule is O=C(CC1CCCCC1)NCC(=O)NC1CCN(C2CCCCCC2)C1. The topological polar surface area (TPSA) is 61.4 Å². The molecule has 5 heteroatoms. The Bertz CT molecular complexity index is 454. The molecule has 2 aliphatic carbocycles. The van der Waals surface area contributed by atoms with Gasteiger partial charge < -0.3 is 10.6 Å². The molecule has 1 heterocycles. The monoisotopic (exact) mass is 363 g/mol. The minimum Gasteiger partial charge on any atom is -0.350 e. The third-order valence-corrected chi connectivity index (χ3v) is 6.57. The fourth-order valence-corrected chi connectivity index (χ4v) is 5.04. The zero-order chi connectivity index (χ0) is 18.2. The number of amides is 2. The molecule has 1 unspecified atom stereocenters. The second-order valence-electron chi connectivity index (χ2n) is 8.68. The van der Waals surface area contributed by atoms with E-state index in [4.69, 9.17) is 0 Å². The number of rotatable bonds is 6. The fraction of sp³-hybridized carbons (Fsp3) is 0.905. The molecule has 2 N–H and O–H groups in total. The lowest BCUT2D eigenvalue weighted by atomic mass is 9.87. The van der Waals surface area contributed by atoms with Gasteiger partial charge in [0, 0.05) is 31.6 Å². The van der Waals surface area contributed by atoms with E-state index in [0.29, 0.717) is 12.3 Å². The van der Waals surface area contributed by atoms with Crippen molar-refractivity contribution >= 4 is 11.8 Å². The normalized spacial score (nSPS) is 26.4. The third-order valence-electron chi connectivity index (χ3n) is 6.57. The van der Waals surface area contributed by atoms with Gasteiger partial charge >= 0.3 is 0 Å². The first kappa shape index (κ1) is 19.7. The van der Waals surface area contributed by atoms with Gasteiger partial charge in [0.05, 0.1) is 6.54 Å². The highest BCUT2D eigenvalue weighted by molar-refractivity contribution is 5.84. The third kappa shape index (κ3) is 6.26. The van der Waals surface area contributed by atoms with Crippen LogP contribution in [0.5, 0.6) is 0 Å². The molecular weight excluding hydrogens is 326 g/mol. The Hall–Kier alpha value is -1.10. The smallest absolute Gasteiger partial charge is 0.239 e. The van der Waals surface area contributed by atoms with Gasteiger partial charge in [0.1, 0.15) is 0 Å². The van der Waals surface area contributed by atoms with Crippen LogP contribution in [-0.2, 0) is 9.59 Å². The van der Waals surface area contributed by atoms with E-state index < -0.39 is 0 Å². The van der Waals surface area contributed by atoms with Crippen molar-refractivity contribution in [2.24, 2.45) is 5.92 Å². The lowest BCUT2D eigenvalue weighted by molar-refractivity contribution is -0.127. The van der Waals surface area contributed by atoms with Crippen LogP contribution in [0.2, 0.25) is 0 Å². The standard InChI is InChI=1S/C21H37N3O2/c25-20(14-17-8-4-3-5-9-17)22-15-21(26)23-18-12-13-24(16-18)19-10-6-1-2-7-11-19/h17-19H,1-16H2,(H,22,25)(H,23,26). The minimum absolute atomic E-state index is 0.0327. The molecule has 3 aliphatic rings. The summed E-state index contributed by atoms with van der Waals surface area (Å²) in [6, 6.07) is 0.968. The van der Waals surface area contributed by atoms with Crippen LogP contribution in [0.25, 0.3) is 0 Å². The summed E-state index contributed by atoms with van der Waals surface area (Å²) >= 11 is 0. The lowest BCUT2D eigenvalue weighted by Crippen LogP contribution is -2.44. The first-order chi connectivity index (χ1) is 12.7. The van der Waals surface area contributed by atoms with Crippen molar-refractivity contribution in [3.8, 4) is 0 Å². The summed E-state index contributed by atoms with van der Waals surface area (Å²) in [5.74, 6) is 0.531. The maximum absolute atomic E-state index is 12.2. The molecule has 148 valence electrons. The summed E-state index contributed by atoms with van der Waals surface area (Å²) in [6.07, 6.45) is 15.9. The summed E-state index contributed by atoms with van der Waals surface area (Å²) in [7, 11) is 0. The molecule has 1 aliphatic heterocycles. The second-order valence-corrected chi connectivity index (χ2v) is 8.68. The molecule has 0 spiro atoms. The number of nitrogens with one attached hydrogen (secondary N) is 2. The first-order valence-corrected chi connectivity index (χ1v) is 11.0. The van der Waals surface area contributed by atoms with E-state index in [1.807, 2.05) is 0 Å². The molecule has 3 rings (SSSR count). The fourth-order valence-electron chi connectivity index (χ4n) is 5.04. The van der Waals surface area contributed by atoms with Crippen molar-refractivity contribution in [2.45, 2.75) is 95.6 Å². The number of hydrogen-bond donors (Lipinski definition) is 2. The van der Waals surface area contributed by atoms with Crippen molar-refractivity contribution in [2.75, 3.05) is 19.6 Å². The Morgan fingerprint density at radius 2 is 1.46 bits per heavy atom. The average Bonchev–Trinajstić information content (AvgIpc) is 2.93. The Balaban J connectivity index is 1.31. The van der Waals surface area contributed by atoms with Crippen molar-refractivity contribution in [3.63, 3.8) is 0 Å². The predicted octanol–water partition coefficient (Wildman–Crippen LogP) is 2.99. The lowest BCUT2D eigenvalue weighted by Gasteiger charge is -2.26. The average molecular weight is 364 g/mol. The van der Waals surface area contributed by atoms with E-state index >= 15 is 0 Å². The maximum atomic E-state index is 12.2. The molecule has 2 saturated carbocycles. The molecule has 3 fully saturated rings.